The summed E-state index contributed by atoms with van der Waals surface area (Å²) in [5, 5.41) is 0. The molecule has 0 aromatic heterocycles. The molecule has 0 bridgehead atoms. The maximum Gasteiger partial charge on any atom is 0.227 e. The lowest BCUT2D eigenvalue weighted by molar-refractivity contribution is -0.137. The molecule has 0 radical (unpaired) electrons. The number of amides is 2. The SMILES string of the molecule is CN1CCC(N(C)C(=O)C2CC(=O)N(C3CCCCC3)C2)CC1. The minimum absolute atomic E-state index is 0.117. The second-order valence-electron chi connectivity index (χ2n) is 7.72. The molecule has 1 unspecified atom stereocenters. The number of nitrogens with zero attached hydrogens (tertiary/aromatic N) is 3. The smallest absolute Gasteiger partial charge is 0.227 e. The number of carbonyl (C=O) groups is 2. The summed E-state index contributed by atoms with van der Waals surface area (Å²) in [6.45, 7) is 2.76. The maximum absolute atomic E-state index is 12.8. The minimum atomic E-state index is -0.117. The summed E-state index contributed by atoms with van der Waals surface area (Å²) >= 11 is 0. The van der Waals surface area contributed by atoms with Gasteiger partial charge in [0.15, 0.2) is 0 Å². The van der Waals surface area contributed by atoms with Gasteiger partial charge in [-0.05, 0) is 45.8 Å². The Balaban J connectivity index is 1.56. The number of likely N-dealkylation sites (tertiary alicyclic amines) is 2. The van der Waals surface area contributed by atoms with Gasteiger partial charge in [0.2, 0.25) is 11.8 Å². The zero-order valence-electron chi connectivity index (χ0n) is 14.7. The molecule has 3 rings (SSSR count). The van der Waals surface area contributed by atoms with Crippen LogP contribution >= 0.6 is 0 Å². The molecule has 1 aliphatic carbocycles. The molecular formula is C18H31N3O2. The highest BCUT2D eigenvalue weighted by atomic mass is 16.2. The summed E-state index contributed by atoms with van der Waals surface area (Å²) in [6.07, 6.45) is 8.50. The molecule has 3 aliphatic rings. The Kier molecular flexibility index (Phi) is 5.24. The molecular weight excluding hydrogens is 290 g/mol. The van der Waals surface area contributed by atoms with Crippen LogP contribution in [0.5, 0.6) is 0 Å². The summed E-state index contributed by atoms with van der Waals surface area (Å²) in [7, 11) is 4.07. The number of hydrogen-bond donors (Lipinski definition) is 0. The van der Waals surface area contributed by atoms with Gasteiger partial charge >= 0.3 is 0 Å². The van der Waals surface area contributed by atoms with Crippen molar-refractivity contribution in [1.29, 1.82) is 0 Å². The highest BCUT2D eigenvalue weighted by Crippen LogP contribution is 2.30. The van der Waals surface area contributed by atoms with E-state index in [1.54, 1.807) is 0 Å². The third kappa shape index (κ3) is 3.70. The zero-order chi connectivity index (χ0) is 16.4. The van der Waals surface area contributed by atoms with E-state index in [2.05, 4.69) is 11.9 Å². The van der Waals surface area contributed by atoms with Crippen molar-refractivity contribution >= 4 is 11.8 Å². The van der Waals surface area contributed by atoms with Crippen molar-refractivity contribution in [3.05, 3.63) is 0 Å². The molecule has 5 heteroatoms. The number of piperidine rings is 1. The van der Waals surface area contributed by atoms with Crippen molar-refractivity contribution in [2.75, 3.05) is 33.7 Å². The van der Waals surface area contributed by atoms with Gasteiger partial charge in [0, 0.05) is 32.1 Å². The van der Waals surface area contributed by atoms with Crippen LogP contribution in [-0.4, -0.2) is 72.3 Å². The molecule has 0 aromatic rings. The average molecular weight is 321 g/mol. The molecule has 1 atom stereocenters. The van der Waals surface area contributed by atoms with Crippen LogP contribution in [0.2, 0.25) is 0 Å². The van der Waals surface area contributed by atoms with Gasteiger partial charge in [0.05, 0.1) is 5.92 Å². The first-order valence-electron chi connectivity index (χ1n) is 9.31. The van der Waals surface area contributed by atoms with Crippen molar-refractivity contribution in [2.45, 2.75) is 63.5 Å². The van der Waals surface area contributed by atoms with Crippen molar-refractivity contribution in [3.63, 3.8) is 0 Å². The molecule has 1 saturated carbocycles. The molecule has 0 spiro atoms. The van der Waals surface area contributed by atoms with E-state index < -0.39 is 0 Å². The fourth-order valence-electron chi connectivity index (χ4n) is 4.49. The Hall–Kier alpha value is -1.10. The van der Waals surface area contributed by atoms with Gasteiger partial charge in [0.25, 0.3) is 0 Å². The van der Waals surface area contributed by atoms with Crippen LogP contribution in [0.25, 0.3) is 0 Å². The quantitative estimate of drug-likeness (QED) is 0.795. The van der Waals surface area contributed by atoms with Crippen LogP contribution < -0.4 is 0 Å². The van der Waals surface area contributed by atoms with Crippen molar-refractivity contribution in [3.8, 4) is 0 Å². The molecule has 2 aliphatic heterocycles. The largest absolute Gasteiger partial charge is 0.342 e. The molecule has 0 N–H and O–H groups in total. The van der Waals surface area contributed by atoms with Crippen LogP contribution in [0, 0.1) is 5.92 Å². The van der Waals surface area contributed by atoms with E-state index in [-0.39, 0.29) is 17.7 Å². The Morgan fingerprint density at radius 3 is 2.39 bits per heavy atom. The molecule has 5 nitrogen and oxygen atoms in total. The third-order valence-electron chi connectivity index (χ3n) is 6.11. The monoisotopic (exact) mass is 321 g/mol. The number of rotatable bonds is 3. The second kappa shape index (κ2) is 7.20. The first-order chi connectivity index (χ1) is 11.1. The fourth-order valence-corrected chi connectivity index (χ4v) is 4.49. The summed E-state index contributed by atoms with van der Waals surface area (Å²) in [5.74, 6) is 0.271. The van der Waals surface area contributed by atoms with Gasteiger partial charge in [-0.15, -0.1) is 0 Å². The molecule has 2 heterocycles. The summed E-state index contributed by atoms with van der Waals surface area (Å²) in [6, 6.07) is 0.736. The van der Waals surface area contributed by atoms with Crippen LogP contribution in [0.15, 0.2) is 0 Å². The number of carbonyl (C=O) groups excluding carboxylic acids is 2. The Labute approximate surface area is 140 Å². The zero-order valence-corrected chi connectivity index (χ0v) is 14.7. The van der Waals surface area contributed by atoms with Crippen LogP contribution in [0.1, 0.15) is 51.4 Å². The predicted molar refractivity (Wildman–Crippen MR) is 90.0 cm³/mol. The lowest BCUT2D eigenvalue weighted by Gasteiger charge is -2.36. The molecule has 2 amide bonds. The van der Waals surface area contributed by atoms with E-state index in [1.807, 2.05) is 16.8 Å². The van der Waals surface area contributed by atoms with Gasteiger partial charge in [-0.3, -0.25) is 9.59 Å². The van der Waals surface area contributed by atoms with E-state index in [4.69, 9.17) is 0 Å². The third-order valence-corrected chi connectivity index (χ3v) is 6.11. The Morgan fingerprint density at radius 2 is 1.74 bits per heavy atom. The molecule has 130 valence electrons. The lowest BCUT2D eigenvalue weighted by Crippen LogP contribution is -2.47. The standard InChI is InChI=1S/C18H31N3O2/c1-19-10-8-15(9-11-19)20(2)18(23)14-12-17(22)21(13-14)16-6-4-3-5-7-16/h14-16H,3-13H2,1-2H3. The van der Waals surface area contributed by atoms with Gasteiger partial charge in [-0.1, -0.05) is 19.3 Å². The minimum Gasteiger partial charge on any atom is -0.342 e. The van der Waals surface area contributed by atoms with E-state index in [9.17, 15) is 9.59 Å². The van der Waals surface area contributed by atoms with Gasteiger partial charge in [-0.2, -0.15) is 0 Å². The lowest BCUT2D eigenvalue weighted by atomic mass is 9.94. The molecule has 2 saturated heterocycles. The summed E-state index contributed by atoms with van der Waals surface area (Å²) in [5.41, 5.74) is 0. The average Bonchev–Trinajstić information content (AvgIpc) is 2.97. The van der Waals surface area contributed by atoms with E-state index in [0.717, 1.165) is 38.8 Å². The van der Waals surface area contributed by atoms with Gasteiger partial charge in [0.1, 0.15) is 0 Å². The van der Waals surface area contributed by atoms with Crippen molar-refractivity contribution in [2.24, 2.45) is 5.92 Å². The molecule has 3 fully saturated rings. The molecule has 23 heavy (non-hydrogen) atoms. The van der Waals surface area contributed by atoms with Gasteiger partial charge < -0.3 is 14.7 Å². The normalized spacial score (nSPS) is 28.3. The van der Waals surface area contributed by atoms with Crippen LogP contribution in [0.4, 0.5) is 0 Å². The predicted octanol–water partition coefficient (Wildman–Crippen LogP) is 1.72. The van der Waals surface area contributed by atoms with E-state index in [1.165, 1.54) is 19.3 Å². The highest BCUT2D eigenvalue weighted by molar-refractivity contribution is 5.89. The van der Waals surface area contributed by atoms with E-state index >= 15 is 0 Å². The number of hydrogen-bond acceptors (Lipinski definition) is 3. The Bertz CT molecular complexity index is 440. The second-order valence-corrected chi connectivity index (χ2v) is 7.72. The first-order valence-corrected chi connectivity index (χ1v) is 9.31. The van der Waals surface area contributed by atoms with Gasteiger partial charge in [-0.25, -0.2) is 0 Å². The van der Waals surface area contributed by atoms with Crippen LogP contribution in [0.3, 0.4) is 0 Å². The Morgan fingerprint density at radius 1 is 1.09 bits per heavy atom. The van der Waals surface area contributed by atoms with Crippen molar-refractivity contribution < 1.29 is 9.59 Å². The summed E-state index contributed by atoms with van der Waals surface area (Å²) in [4.78, 5) is 31.5. The maximum atomic E-state index is 12.8. The molecule has 0 aromatic carbocycles. The highest BCUT2D eigenvalue weighted by Gasteiger charge is 2.40. The summed E-state index contributed by atoms with van der Waals surface area (Å²) < 4.78 is 0. The topological polar surface area (TPSA) is 43.9 Å². The van der Waals surface area contributed by atoms with Crippen LogP contribution in [-0.2, 0) is 9.59 Å². The fraction of sp³-hybridized carbons (Fsp3) is 0.889. The van der Waals surface area contributed by atoms with Crippen molar-refractivity contribution in [1.82, 2.24) is 14.7 Å². The van der Waals surface area contributed by atoms with E-state index in [0.29, 0.717) is 25.0 Å². The first kappa shape index (κ1) is 16.7.